The van der Waals surface area contributed by atoms with Gasteiger partial charge in [0, 0.05) is 18.5 Å². The minimum Gasteiger partial charge on any atom is -0.465 e. The Labute approximate surface area is 132 Å². The third kappa shape index (κ3) is 3.62. The van der Waals surface area contributed by atoms with E-state index in [0.29, 0.717) is 5.69 Å². The van der Waals surface area contributed by atoms with E-state index in [0.717, 1.165) is 6.07 Å². The molecular weight excluding hydrogens is 302 g/mol. The maximum absolute atomic E-state index is 11.5. The van der Waals surface area contributed by atoms with Crippen molar-refractivity contribution < 1.29 is 14.5 Å². The molecule has 0 spiro atoms. The van der Waals surface area contributed by atoms with Crippen LogP contribution in [-0.4, -0.2) is 32.8 Å². The second kappa shape index (κ2) is 6.03. The lowest BCUT2D eigenvalue weighted by Gasteiger charge is -2.18. The summed E-state index contributed by atoms with van der Waals surface area (Å²) >= 11 is 0. The summed E-state index contributed by atoms with van der Waals surface area (Å²) in [5, 5.41) is 18.2. The maximum Gasteiger partial charge on any atom is 0.339 e. The van der Waals surface area contributed by atoms with Crippen molar-refractivity contribution in [2.75, 3.05) is 12.4 Å². The minimum atomic E-state index is -0.687. The zero-order valence-corrected chi connectivity index (χ0v) is 13.2. The lowest BCUT2D eigenvalue weighted by Crippen LogP contribution is -2.21. The number of carbonyl (C=O) groups excluding carboxylic acids is 1. The molecule has 0 unspecified atom stereocenters. The van der Waals surface area contributed by atoms with E-state index < -0.39 is 10.9 Å². The molecule has 23 heavy (non-hydrogen) atoms. The lowest BCUT2D eigenvalue weighted by molar-refractivity contribution is -0.384. The molecule has 0 saturated heterocycles. The first kappa shape index (κ1) is 16.4. The third-order valence-electron chi connectivity index (χ3n) is 3.02. The molecule has 2 aromatic rings. The minimum absolute atomic E-state index is 0.00939. The summed E-state index contributed by atoms with van der Waals surface area (Å²) in [4.78, 5) is 26.0. The number of pyridine rings is 1. The molecule has 122 valence electrons. The predicted molar refractivity (Wildman–Crippen MR) is 82.7 cm³/mol. The first-order chi connectivity index (χ1) is 10.7. The van der Waals surface area contributed by atoms with E-state index in [1.165, 1.54) is 13.3 Å². The highest BCUT2D eigenvalue weighted by atomic mass is 16.6. The molecule has 2 aromatic heterocycles. The Hall–Kier alpha value is -2.97. The van der Waals surface area contributed by atoms with Gasteiger partial charge in [-0.05, 0) is 20.8 Å². The van der Waals surface area contributed by atoms with Crippen LogP contribution in [0.3, 0.4) is 0 Å². The second-order valence-corrected chi connectivity index (χ2v) is 5.81. The van der Waals surface area contributed by atoms with Gasteiger partial charge in [0.1, 0.15) is 0 Å². The summed E-state index contributed by atoms with van der Waals surface area (Å²) in [6.45, 7) is 5.95. The van der Waals surface area contributed by atoms with E-state index in [4.69, 9.17) is 0 Å². The topological polar surface area (TPSA) is 112 Å². The zero-order chi connectivity index (χ0) is 17.2. The Morgan fingerprint density at radius 2 is 2.09 bits per heavy atom. The van der Waals surface area contributed by atoms with Crippen molar-refractivity contribution >= 4 is 23.2 Å². The number of rotatable bonds is 4. The van der Waals surface area contributed by atoms with E-state index >= 15 is 0 Å². The first-order valence-electron chi connectivity index (χ1n) is 6.77. The van der Waals surface area contributed by atoms with Crippen molar-refractivity contribution in [2.45, 2.75) is 26.3 Å². The molecule has 0 aliphatic rings. The van der Waals surface area contributed by atoms with Crippen molar-refractivity contribution in [3.8, 4) is 0 Å². The van der Waals surface area contributed by atoms with Crippen LogP contribution in [0.25, 0.3) is 0 Å². The number of methoxy groups -OCH3 is 1. The van der Waals surface area contributed by atoms with Gasteiger partial charge in [-0.1, -0.05) is 0 Å². The smallest absolute Gasteiger partial charge is 0.339 e. The van der Waals surface area contributed by atoms with Crippen LogP contribution in [-0.2, 0) is 10.3 Å². The van der Waals surface area contributed by atoms with E-state index in [2.05, 4.69) is 20.1 Å². The number of nitrogens with one attached hydrogen (secondary N) is 1. The number of nitro groups is 1. The van der Waals surface area contributed by atoms with Crippen molar-refractivity contribution in [3.05, 3.63) is 40.3 Å². The molecule has 0 aromatic carbocycles. The molecule has 0 bridgehead atoms. The van der Waals surface area contributed by atoms with Gasteiger partial charge in [-0.15, -0.1) is 0 Å². The standard InChI is InChI=1S/C14H17N5O4/c1-14(2,3)18-8-10(7-16-18)17-12-11(19(21)22)5-9(6-15-12)13(20)23-4/h5-8H,1-4H3,(H,15,17). The van der Waals surface area contributed by atoms with Crippen LogP contribution in [0.1, 0.15) is 31.1 Å². The van der Waals surface area contributed by atoms with Crippen LogP contribution in [0.5, 0.6) is 0 Å². The van der Waals surface area contributed by atoms with Crippen LogP contribution in [0.4, 0.5) is 17.2 Å². The van der Waals surface area contributed by atoms with Gasteiger partial charge >= 0.3 is 11.7 Å². The normalized spacial score (nSPS) is 11.1. The molecule has 0 aliphatic carbocycles. The summed E-state index contributed by atoms with van der Waals surface area (Å²) in [6, 6.07) is 1.12. The molecule has 0 amide bonds. The number of nitrogens with zero attached hydrogens (tertiary/aromatic N) is 4. The summed E-state index contributed by atoms with van der Waals surface area (Å²) in [7, 11) is 1.20. The number of ether oxygens (including phenoxy) is 1. The molecule has 1 N–H and O–H groups in total. The van der Waals surface area contributed by atoms with Crippen LogP contribution in [0, 0.1) is 10.1 Å². The maximum atomic E-state index is 11.5. The summed E-state index contributed by atoms with van der Waals surface area (Å²) in [5.74, 6) is -0.663. The monoisotopic (exact) mass is 319 g/mol. The number of hydrogen-bond donors (Lipinski definition) is 1. The van der Waals surface area contributed by atoms with Gasteiger partial charge in [0.15, 0.2) is 0 Å². The van der Waals surface area contributed by atoms with Crippen LogP contribution in [0.2, 0.25) is 0 Å². The SMILES string of the molecule is COC(=O)c1cnc(Nc2cnn(C(C)(C)C)c2)c([N+](=O)[O-])c1. The molecule has 2 heterocycles. The number of aromatic nitrogens is 3. The molecule has 9 nitrogen and oxygen atoms in total. The van der Waals surface area contributed by atoms with Crippen LogP contribution >= 0.6 is 0 Å². The Kier molecular flexibility index (Phi) is 4.30. The van der Waals surface area contributed by atoms with Gasteiger partial charge in [0.05, 0.1) is 35.0 Å². The first-order valence-corrected chi connectivity index (χ1v) is 6.77. The van der Waals surface area contributed by atoms with Gasteiger partial charge in [-0.3, -0.25) is 14.8 Å². The predicted octanol–water partition coefficient (Wildman–Crippen LogP) is 2.47. The van der Waals surface area contributed by atoms with Gasteiger partial charge in [-0.25, -0.2) is 9.78 Å². The Balaban J connectivity index is 2.34. The lowest BCUT2D eigenvalue weighted by atomic mass is 10.1. The van der Waals surface area contributed by atoms with Crippen molar-refractivity contribution in [3.63, 3.8) is 0 Å². The van der Waals surface area contributed by atoms with E-state index in [1.54, 1.807) is 17.1 Å². The summed E-state index contributed by atoms with van der Waals surface area (Å²) < 4.78 is 6.26. The van der Waals surface area contributed by atoms with Crippen molar-refractivity contribution in [2.24, 2.45) is 0 Å². The molecule has 9 heteroatoms. The average Bonchev–Trinajstić information content (AvgIpc) is 2.95. The molecule has 2 rings (SSSR count). The molecule has 0 fully saturated rings. The van der Waals surface area contributed by atoms with E-state index in [9.17, 15) is 14.9 Å². The Morgan fingerprint density at radius 3 is 2.61 bits per heavy atom. The second-order valence-electron chi connectivity index (χ2n) is 5.81. The summed E-state index contributed by atoms with van der Waals surface area (Å²) in [6.07, 6.45) is 4.49. The van der Waals surface area contributed by atoms with Gasteiger partial charge < -0.3 is 10.1 Å². The largest absolute Gasteiger partial charge is 0.465 e. The van der Waals surface area contributed by atoms with Gasteiger partial charge in [0.2, 0.25) is 5.82 Å². The molecule has 0 radical (unpaired) electrons. The van der Waals surface area contributed by atoms with E-state index in [1.807, 2.05) is 20.8 Å². The Morgan fingerprint density at radius 1 is 1.39 bits per heavy atom. The van der Waals surface area contributed by atoms with Gasteiger partial charge in [-0.2, -0.15) is 5.10 Å². The highest BCUT2D eigenvalue weighted by Gasteiger charge is 2.21. The van der Waals surface area contributed by atoms with Crippen molar-refractivity contribution in [1.29, 1.82) is 0 Å². The van der Waals surface area contributed by atoms with Crippen LogP contribution < -0.4 is 5.32 Å². The molecule has 0 aliphatic heterocycles. The third-order valence-corrected chi connectivity index (χ3v) is 3.02. The molecule has 0 saturated carbocycles. The average molecular weight is 319 g/mol. The number of hydrogen-bond acceptors (Lipinski definition) is 7. The fourth-order valence-corrected chi connectivity index (χ4v) is 1.81. The number of esters is 1. The molecule has 0 atom stereocenters. The zero-order valence-electron chi connectivity index (χ0n) is 13.2. The van der Waals surface area contributed by atoms with E-state index in [-0.39, 0.29) is 22.6 Å². The number of anilines is 2. The number of carbonyl (C=O) groups is 1. The quantitative estimate of drug-likeness (QED) is 0.523. The van der Waals surface area contributed by atoms with Gasteiger partial charge in [0.25, 0.3) is 0 Å². The highest BCUT2D eigenvalue weighted by Crippen LogP contribution is 2.27. The fraction of sp³-hybridized carbons (Fsp3) is 0.357. The fourth-order valence-electron chi connectivity index (χ4n) is 1.81. The molecular formula is C14H17N5O4. The Bertz CT molecular complexity index is 748. The van der Waals surface area contributed by atoms with Crippen LogP contribution in [0.15, 0.2) is 24.7 Å². The van der Waals surface area contributed by atoms with Crippen molar-refractivity contribution in [1.82, 2.24) is 14.8 Å². The summed E-state index contributed by atoms with van der Waals surface area (Å²) in [5.41, 5.74) is 0.0292. The highest BCUT2D eigenvalue weighted by molar-refractivity contribution is 5.90.